The third-order valence-electron chi connectivity index (χ3n) is 6.23. The Morgan fingerprint density at radius 1 is 1.00 bits per heavy atom. The first-order valence-corrected chi connectivity index (χ1v) is 11.6. The fourth-order valence-corrected chi connectivity index (χ4v) is 4.16. The van der Waals surface area contributed by atoms with E-state index >= 15 is 0 Å². The second kappa shape index (κ2) is 11.0. The number of benzene rings is 2. The van der Waals surface area contributed by atoms with Crippen LogP contribution in [0.1, 0.15) is 21.5 Å². The summed E-state index contributed by atoms with van der Waals surface area (Å²) in [7, 11) is 0. The third kappa shape index (κ3) is 5.97. The molecule has 1 fully saturated rings. The molecule has 0 aromatic heterocycles. The first-order valence-electron chi connectivity index (χ1n) is 11.6. The summed E-state index contributed by atoms with van der Waals surface area (Å²) in [6.07, 6.45) is 0.160. The molecule has 37 heavy (non-hydrogen) atoms. The zero-order valence-corrected chi connectivity index (χ0v) is 19.9. The van der Waals surface area contributed by atoms with Gasteiger partial charge in [-0.3, -0.25) is 24.6 Å². The van der Waals surface area contributed by atoms with Crippen molar-refractivity contribution in [2.75, 3.05) is 39.5 Å². The molecule has 5 N–H and O–H groups in total. The molecular weight excluding hydrogens is 482 g/mol. The van der Waals surface area contributed by atoms with Crippen molar-refractivity contribution in [1.29, 1.82) is 5.41 Å². The molecular formula is C25H27N5O7. The van der Waals surface area contributed by atoms with Crippen molar-refractivity contribution >= 4 is 29.5 Å². The summed E-state index contributed by atoms with van der Waals surface area (Å²) >= 11 is 0. The van der Waals surface area contributed by atoms with Gasteiger partial charge in [-0.25, -0.2) is 0 Å². The van der Waals surface area contributed by atoms with Gasteiger partial charge in [-0.2, -0.15) is 0 Å². The highest BCUT2D eigenvalue weighted by Crippen LogP contribution is 2.33. The van der Waals surface area contributed by atoms with E-state index in [0.29, 0.717) is 22.6 Å². The van der Waals surface area contributed by atoms with Crippen LogP contribution >= 0.6 is 0 Å². The molecule has 2 aromatic rings. The summed E-state index contributed by atoms with van der Waals surface area (Å²) in [5, 5.41) is 19.8. The van der Waals surface area contributed by atoms with Crippen LogP contribution in [0, 0.1) is 11.3 Å². The molecule has 0 saturated carbocycles. The number of hydrogen-bond acceptors (Lipinski definition) is 7. The van der Waals surface area contributed by atoms with Crippen LogP contribution < -0.4 is 20.5 Å². The molecule has 0 radical (unpaired) electrons. The smallest absolute Gasteiger partial charge is 0.312 e. The Bertz CT molecular complexity index is 1230. The van der Waals surface area contributed by atoms with Crippen LogP contribution in [-0.2, 0) is 20.8 Å². The highest BCUT2D eigenvalue weighted by Gasteiger charge is 2.35. The molecule has 0 bridgehead atoms. The summed E-state index contributed by atoms with van der Waals surface area (Å²) in [5.41, 5.74) is 7.00. The van der Waals surface area contributed by atoms with E-state index in [0.717, 1.165) is 5.56 Å². The molecule has 4 rings (SSSR count). The number of amidine groups is 1. The maximum atomic E-state index is 12.7. The predicted octanol–water partition coefficient (Wildman–Crippen LogP) is 0.0435. The van der Waals surface area contributed by atoms with Crippen molar-refractivity contribution in [3.8, 4) is 11.5 Å². The number of carbonyl (C=O) groups is 4. The number of nitrogens with zero attached hydrogens (tertiary/aromatic N) is 2. The van der Waals surface area contributed by atoms with Crippen LogP contribution in [0.25, 0.3) is 0 Å². The summed E-state index contributed by atoms with van der Waals surface area (Å²) in [6.45, 7) is 0.693. The number of fused-ring (bicyclic) bond motifs is 1. The normalized spacial score (nSPS) is 15.5. The highest BCUT2D eigenvalue weighted by atomic mass is 16.7. The highest BCUT2D eigenvalue weighted by molar-refractivity contribution is 6.35. The predicted molar refractivity (Wildman–Crippen MR) is 130 cm³/mol. The van der Waals surface area contributed by atoms with Gasteiger partial charge in [-0.05, 0) is 36.2 Å². The topological polar surface area (TPSA) is 175 Å². The van der Waals surface area contributed by atoms with Gasteiger partial charge in [-0.1, -0.05) is 18.2 Å². The van der Waals surface area contributed by atoms with Crippen molar-refractivity contribution in [1.82, 2.24) is 15.1 Å². The first-order chi connectivity index (χ1) is 17.7. The van der Waals surface area contributed by atoms with Crippen molar-refractivity contribution in [2.24, 2.45) is 11.7 Å². The number of nitrogen functional groups attached to an aromatic ring is 1. The van der Waals surface area contributed by atoms with Gasteiger partial charge in [0, 0.05) is 43.9 Å². The molecule has 2 aliphatic heterocycles. The SMILES string of the molecule is N=C(N)c1ccc(C(=O)NCCN2CCN(CC(Cc3ccc4c(c3)OCO4)C(=O)O)C(=O)C2=O)cc1. The number of hydrogen-bond donors (Lipinski definition) is 4. The number of piperazine rings is 1. The largest absolute Gasteiger partial charge is 0.481 e. The molecule has 3 amide bonds. The van der Waals surface area contributed by atoms with E-state index in [4.69, 9.17) is 20.6 Å². The lowest BCUT2D eigenvalue weighted by atomic mass is 9.98. The first kappa shape index (κ1) is 25.5. The summed E-state index contributed by atoms with van der Waals surface area (Å²) in [4.78, 5) is 52.1. The molecule has 12 heteroatoms. The van der Waals surface area contributed by atoms with Gasteiger partial charge in [-0.15, -0.1) is 0 Å². The number of nitrogens with two attached hydrogens (primary N) is 1. The molecule has 12 nitrogen and oxygen atoms in total. The monoisotopic (exact) mass is 509 g/mol. The number of amides is 3. The second-order valence-corrected chi connectivity index (χ2v) is 8.72. The maximum absolute atomic E-state index is 12.7. The van der Waals surface area contributed by atoms with Gasteiger partial charge in [0.25, 0.3) is 5.91 Å². The number of carbonyl (C=O) groups excluding carboxylic acids is 3. The number of rotatable bonds is 10. The molecule has 1 atom stereocenters. The Kier molecular flexibility index (Phi) is 7.56. The van der Waals surface area contributed by atoms with Crippen molar-refractivity contribution in [3.05, 3.63) is 59.2 Å². The number of ether oxygens (including phenoxy) is 2. The van der Waals surface area contributed by atoms with E-state index < -0.39 is 23.7 Å². The van der Waals surface area contributed by atoms with E-state index in [-0.39, 0.29) is 57.7 Å². The Hall–Kier alpha value is -4.61. The maximum Gasteiger partial charge on any atom is 0.312 e. The number of aliphatic carboxylic acids is 1. The van der Waals surface area contributed by atoms with Gasteiger partial charge >= 0.3 is 17.8 Å². The summed E-state index contributed by atoms with van der Waals surface area (Å²) in [5.74, 6) is -2.81. The number of carboxylic acid groups (broad SMARTS) is 1. The second-order valence-electron chi connectivity index (χ2n) is 8.72. The number of carboxylic acids is 1. The van der Waals surface area contributed by atoms with Crippen molar-refractivity contribution < 1.29 is 33.8 Å². The molecule has 2 aliphatic rings. The lowest BCUT2D eigenvalue weighted by Gasteiger charge is -2.35. The van der Waals surface area contributed by atoms with E-state index in [1.54, 1.807) is 42.5 Å². The molecule has 0 spiro atoms. The minimum absolute atomic E-state index is 0.100. The van der Waals surface area contributed by atoms with Crippen LogP contribution in [0.5, 0.6) is 11.5 Å². The third-order valence-corrected chi connectivity index (χ3v) is 6.23. The minimum atomic E-state index is -1.07. The Balaban J connectivity index is 1.27. The van der Waals surface area contributed by atoms with Gasteiger partial charge in [0.2, 0.25) is 6.79 Å². The average molecular weight is 510 g/mol. The number of nitrogens with one attached hydrogen (secondary N) is 2. The Labute approximate surface area is 212 Å². The van der Waals surface area contributed by atoms with Gasteiger partial charge < -0.3 is 35.4 Å². The molecule has 2 aromatic carbocycles. The van der Waals surface area contributed by atoms with Gasteiger partial charge in [0.1, 0.15) is 5.84 Å². The minimum Gasteiger partial charge on any atom is -0.481 e. The van der Waals surface area contributed by atoms with E-state index in [1.807, 2.05) is 0 Å². The van der Waals surface area contributed by atoms with E-state index in [1.165, 1.54) is 9.80 Å². The quantitative estimate of drug-likeness (QED) is 0.197. The van der Waals surface area contributed by atoms with Crippen LogP contribution in [0.4, 0.5) is 0 Å². The summed E-state index contributed by atoms with van der Waals surface area (Å²) < 4.78 is 10.6. The average Bonchev–Trinajstić information content (AvgIpc) is 3.35. The summed E-state index contributed by atoms with van der Waals surface area (Å²) in [6, 6.07) is 11.4. The molecule has 2 heterocycles. The Morgan fingerprint density at radius 2 is 1.65 bits per heavy atom. The van der Waals surface area contributed by atoms with Gasteiger partial charge in [0.15, 0.2) is 11.5 Å². The zero-order chi connectivity index (χ0) is 26.5. The molecule has 194 valence electrons. The molecule has 0 aliphatic carbocycles. The Morgan fingerprint density at radius 3 is 2.35 bits per heavy atom. The molecule has 1 saturated heterocycles. The fourth-order valence-electron chi connectivity index (χ4n) is 4.16. The van der Waals surface area contributed by atoms with Gasteiger partial charge in [0.05, 0.1) is 5.92 Å². The fraction of sp³-hybridized carbons (Fsp3) is 0.320. The van der Waals surface area contributed by atoms with E-state index in [2.05, 4.69) is 5.32 Å². The molecule has 1 unspecified atom stereocenters. The lowest BCUT2D eigenvalue weighted by molar-refractivity contribution is -0.157. The van der Waals surface area contributed by atoms with Crippen LogP contribution in [0.3, 0.4) is 0 Å². The van der Waals surface area contributed by atoms with E-state index in [9.17, 15) is 24.3 Å². The van der Waals surface area contributed by atoms with Crippen LogP contribution in [-0.4, -0.2) is 83.9 Å². The van der Waals surface area contributed by atoms with Crippen molar-refractivity contribution in [2.45, 2.75) is 6.42 Å². The van der Waals surface area contributed by atoms with Crippen molar-refractivity contribution in [3.63, 3.8) is 0 Å². The standard InChI is InChI=1S/C25H27N5O7/c26-21(27)16-2-4-17(5-3-16)22(31)28-7-8-29-9-10-30(24(33)23(29)32)13-18(25(34)35)11-15-1-6-19-20(12-15)37-14-36-19/h1-6,12,18H,7-11,13-14H2,(H3,26,27)(H,28,31)(H,34,35). The zero-order valence-electron chi connectivity index (χ0n) is 19.9. The van der Waals surface area contributed by atoms with Crippen LogP contribution in [0.15, 0.2) is 42.5 Å². The van der Waals surface area contributed by atoms with Crippen LogP contribution in [0.2, 0.25) is 0 Å². The lowest BCUT2D eigenvalue weighted by Crippen LogP contribution is -2.56.